The van der Waals surface area contributed by atoms with E-state index in [9.17, 15) is 9.59 Å². The molecule has 0 amide bonds. The molecule has 0 fully saturated rings. The van der Waals surface area contributed by atoms with Gasteiger partial charge in [-0.05, 0) is 12.3 Å². The minimum atomic E-state index is -1.25. The van der Waals surface area contributed by atoms with Crippen LogP contribution in [0.15, 0.2) is 0 Å². The fraction of sp³-hybridized carbons (Fsp3) is 0.913. The van der Waals surface area contributed by atoms with E-state index in [1.807, 2.05) is 0 Å². The first-order chi connectivity index (χ1) is 13.0. The Hall–Kier alpha value is -1.06. The summed E-state index contributed by atoms with van der Waals surface area (Å²) in [6.45, 7) is 4.42. The van der Waals surface area contributed by atoms with Crippen LogP contribution >= 0.6 is 0 Å². The number of hydrogen-bond acceptors (Lipinski definition) is 2. The lowest BCUT2D eigenvalue weighted by Crippen LogP contribution is -2.26. The quantitative estimate of drug-likeness (QED) is 0.174. The summed E-state index contributed by atoms with van der Waals surface area (Å²) >= 11 is 0. The maximum absolute atomic E-state index is 11.2. The minimum Gasteiger partial charge on any atom is -0.481 e. The molecule has 2 N–H and O–H groups in total. The van der Waals surface area contributed by atoms with Crippen LogP contribution in [-0.2, 0) is 9.59 Å². The van der Waals surface area contributed by atoms with Crippen LogP contribution in [0.1, 0.15) is 123 Å². The van der Waals surface area contributed by atoms with Crippen molar-refractivity contribution >= 4 is 11.9 Å². The van der Waals surface area contributed by atoms with Gasteiger partial charge in [-0.1, -0.05) is 117 Å². The van der Waals surface area contributed by atoms with Crippen LogP contribution < -0.4 is 0 Å². The lowest BCUT2D eigenvalue weighted by atomic mass is 9.86. The molecule has 4 heteroatoms. The zero-order valence-electron chi connectivity index (χ0n) is 17.9. The minimum absolute atomic E-state index is 0.230. The SMILES string of the molecule is CCCCCCCCCCCCC(CCCCCC)CC(C(=O)O)C(=O)O. The van der Waals surface area contributed by atoms with Gasteiger partial charge in [-0.3, -0.25) is 9.59 Å². The number of unbranched alkanes of at least 4 members (excludes halogenated alkanes) is 12. The molecule has 0 rings (SSSR count). The summed E-state index contributed by atoms with van der Waals surface area (Å²) in [5, 5.41) is 18.3. The number of carboxylic acid groups (broad SMARTS) is 2. The zero-order chi connectivity index (χ0) is 20.3. The second-order valence-electron chi connectivity index (χ2n) is 8.15. The standard InChI is InChI=1S/C23H44O4/c1-3-5-7-9-10-11-12-13-14-16-18-20(17-15-8-6-4-2)19-21(22(24)25)23(26)27/h20-21H,3-19H2,1-2H3,(H,24,25)(H,26,27). The molecule has 1 unspecified atom stereocenters. The molecule has 0 bridgehead atoms. The summed E-state index contributed by atoms with van der Waals surface area (Å²) in [7, 11) is 0. The number of rotatable bonds is 20. The van der Waals surface area contributed by atoms with Crippen LogP contribution in [0.25, 0.3) is 0 Å². The molecule has 0 radical (unpaired) electrons. The Morgan fingerprint density at radius 1 is 0.593 bits per heavy atom. The van der Waals surface area contributed by atoms with Gasteiger partial charge in [0.15, 0.2) is 5.92 Å². The number of carboxylic acids is 2. The maximum atomic E-state index is 11.2. The van der Waals surface area contributed by atoms with E-state index in [2.05, 4.69) is 13.8 Å². The van der Waals surface area contributed by atoms with Crippen molar-refractivity contribution in [3.63, 3.8) is 0 Å². The van der Waals surface area contributed by atoms with Gasteiger partial charge in [-0.15, -0.1) is 0 Å². The van der Waals surface area contributed by atoms with Crippen molar-refractivity contribution in [3.8, 4) is 0 Å². The third kappa shape index (κ3) is 15.7. The van der Waals surface area contributed by atoms with Gasteiger partial charge in [-0.2, -0.15) is 0 Å². The van der Waals surface area contributed by atoms with Gasteiger partial charge >= 0.3 is 11.9 Å². The smallest absolute Gasteiger partial charge is 0.317 e. The van der Waals surface area contributed by atoms with Crippen molar-refractivity contribution in [2.75, 3.05) is 0 Å². The Kier molecular flexibility index (Phi) is 17.6. The second kappa shape index (κ2) is 18.3. The van der Waals surface area contributed by atoms with E-state index in [0.29, 0.717) is 0 Å². The van der Waals surface area contributed by atoms with E-state index in [4.69, 9.17) is 10.2 Å². The molecule has 0 aliphatic carbocycles. The maximum Gasteiger partial charge on any atom is 0.317 e. The molecule has 0 aromatic heterocycles. The van der Waals surface area contributed by atoms with Crippen LogP contribution in [0, 0.1) is 11.8 Å². The van der Waals surface area contributed by atoms with Gasteiger partial charge in [0.05, 0.1) is 0 Å². The Balaban J connectivity index is 4.05. The van der Waals surface area contributed by atoms with Gasteiger partial charge in [0.2, 0.25) is 0 Å². The van der Waals surface area contributed by atoms with Crippen molar-refractivity contribution in [1.29, 1.82) is 0 Å². The summed E-state index contributed by atoms with van der Waals surface area (Å²) in [6.07, 6.45) is 19.7. The van der Waals surface area contributed by atoms with Gasteiger partial charge < -0.3 is 10.2 Å². The summed E-state index contributed by atoms with van der Waals surface area (Å²) in [5.74, 6) is -3.40. The highest BCUT2D eigenvalue weighted by molar-refractivity contribution is 5.92. The summed E-state index contributed by atoms with van der Waals surface area (Å²) in [4.78, 5) is 22.4. The van der Waals surface area contributed by atoms with E-state index in [0.717, 1.165) is 32.1 Å². The highest BCUT2D eigenvalue weighted by atomic mass is 16.4. The van der Waals surface area contributed by atoms with Crippen LogP contribution in [0.5, 0.6) is 0 Å². The van der Waals surface area contributed by atoms with Gasteiger partial charge in [0.25, 0.3) is 0 Å². The lowest BCUT2D eigenvalue weighted by molar-refractivity contribution is -0.155. The van der Waals surface area contributed by atoms with Crippen LogP contribution in [0.3, 0.4) is 0 Å². The average molecular weight is 385 g/mol. The summed E-state index contributed by atoms with van der Waals surface area (Å²) in [5.41, 5.74) is 0. The number of carbonyl (C=O) groups is 2. The molecule has 4 nitrogen and oxygen atoms in total. The molecule has 0 saturated heterocycles. The first-order valence-electron chi connectivity index (χ1n) is 11.5. The third-order valence-corrected chi connectivity index (χ3v) is 5.60. The average Bonchev–Trinajstić information content (AvgIpc) is 2.63. The third-order valence-electron chi connectivity index (χ3n) is 5.60. The normalized spacial score (nSPS) is 12.4. The molecule has 0 spiro atoms. The Morgan fingerprint density at radius 3 is 1.30 bits per heavy atom. The molecule has 0 aromatic rings. The first kappa shape index (κ1) is 25.9. The lowest BCUT2D eigenvalue weighted by Gasteiger charge is -2.19. The predicted molar refractivity (Wildman–Crippen MR) is 112 cm³/mol. The van der Waals surface area contributed by atoms with Crippen LogP contribution in [-0.4, -0.2) is 22.2 Å². The van der Waals surface area contributed by atoms with Gasteiger partial charge in [0, 0.05) is 0 Å². The van der Waals surface area contributed by atoms with E-state index in [-0.39, 0.29) is 12.3 Å². The molecule has 0 aromatic carbocycles. The molecular formula is C23H44O4. The van der Waals surface area contributed by atoms with Crippen molar-refractivity contribution in [1.82, 2.24) is 0 Å². The van der Waals surface area contributed by atoms with Gasteiger partial charge in [0.1, 0.15) is 0 Å². The summed E-state index contributed by atoms with van der Waals surface area (Å²) < 4.78 is 0. The predicted octanol–water partition coefficient (Wildman–Crippen LogP) is 7.06. The number of aliphatic carboxylic acids is 2. The van der Waals surface area contributed by atoms with Crippen molar-refractivity contribution < 1.29 is 19.8 Å². The van der Waals surface area contributed by atoms with Gasteiger partial charge in [-0.25, -0.2) is 0 Å². The zero-order valence-corrected chi connectivity index (χ0v) is 17.9. The largest absolute Gasteiger partial charge is 0.481 e. The fourth-order valence-electron chi connectivity index (χ4n) is 3.80. The highest BCUT2D eigenvalue weighted by Crippen LogP contribution is 2.26. The van der Waals surface area contributed by atoms with Crippen molar-refractivity contribution in [3.05, 3.63) is 0 Å². The molecule has 0 saturated carbocycles. The van der Waals surface area contributed by atoms with Crippen LogP contribution in [0.4, 0.5) is 0 Å². The van der Waals surface area contributed by atoms with Crippen molar-refractivity contribution in [2.24, 2.45) is 11.8 Å². The molecule has 160 valence electrons. The Bertz CT molecular complexity index is 353. The molecule has 27 heavy (non-hydrogen) atoms. The fourth-order valence-corrected chi connectivity index (χ4v) is 3.80. The monoisotopic (exact) mass is 384 g/mol. The first-order valence-corrected chi connectivity index (χ1v) is 11.5. The molecule has 0 aliphatic rings. The number of hydrogen-bond donors (Lipinski definition) is 2. The van der Waals surface area contributed by atoms with E-state index in [1.54, 1.807) is 0 Å². The second-order valence-corrected chi connectivity index (χ2v) is 8.15. The van der Waals surface area contributed by atoms with E-state index in [1.165, 1.54) is 70.6 Å². The highest BCUT2D eigenvalue weighted by Gasteiger charge is 2.28. The molecule has 0 aliphatic heterocycles. The molecule has 1 atom stereocenters. The van der Waals surface area contributed by atoms with Crippen molar-refractivity contribution in [2.45, 2.75) is 123 Å². The molecular weight excluding hydrogens is 340 g/mol. The van der Waals surface area contributed by atoms with E-state index < -0.39 is 17.9 Å². The summed E-state index contributed by atoms with van der Waals surface area (Å²) in [6, 6.07) is 0. The van der Waals surface area contributed by atoms with Crippen LogP contribution in [0.2, 0.25) is 0 Å². The van der Waals surface area contributed by atoms with E-state index >= 15 is 0 Å². The molecule has 0 heterocycles. The Labute approximate surface area is 167 Å². The topological polar surface area (TPSA) is 74.6 Å². The Morgan fingerprint density at radius 2 is 0.926 bits per heavy atom.